The predicted molar refractivity (Wildman–Crippen MR) is 81.4 cm³/mol. The Morgan fingerprint density at radius 3 is 2.90 bits per heavy atom. The number of nitrogens with zero attached hydrogens (tertiary/aromatic N) is 1. The second-order valence-corrected chi connectivity index (χ2v) is 5.14. The second-order valence-electron chi connectivity index (χ2n) is 5.14. The fourth-order valence-electron chi connectivity index (χ4n) is 2.20. The summed E-state index contributed by atoms with van der Waals surface area (Å²) in [5, 5.41) is 15.1. The van der Waals surface area contributed by atoms with Crippen LogP contribution in [0.25, 0.3) is 0 Å². The highest BCUT2D eigenvalue weighted by Crippen LogP contribution is 2.16. The lowest BCUT2D eigenvalue weighted by molar-refractivity contribution is 0.0388. The summed E-state index contributed by atoms with van der Waals surface area (Å²) in [6.45, 7) is 6.48. The second kappa shape index (κ2) is 7.97. The molecule has 0 aromatic heterocycles. The average molecular weight is 293 g/mol. The summed E-state index contributed by atoms with van der Waals surface area (Å²) in [4.78, 5) is 14.1. The van der Waals surface area contributed by atoms with E-state index in [1.165, 1.54) is 0 Å². The van der Waals surface area contributed by atoms with Crippen molar-refractivity contribution in [1.29, 1.82) is 0 Å². The quantitative estimate of drug-likeness (QED) is 0.762. The van der Waals surface area contributed by atoms with Gasteiger partial charge < -0.3 is 20.5 Å². The van der Waals surface area contributed by atoms with Crippen LogP contribution in [0.4, 0.5) is 10.5 Å². The van der Waals surface area contributed by atoms with Gasteiger partial charge in [-0.2, -0.15) is 0 Å². The smallest absolute Gasteiger partial charge is 0.319 e. The number of rotatable bonds is 5. The number of urea groups is 1. The van der Waals surface area contributed by atoms with Gasteiger partial charge in [0.05, 0.1) is 19.3 Å². The molecule has 116 valence electrons. The van der Waals surface area contributed by atoms with Crippen LogP contribution >= 0.6 is 0 Å². The molecule has 1 aliphatic heterocycles. The molecule has 1 saturated heterocycles. The van der Waals surface area contributed by atoms with Crippen molar-refractivity contribution in [2.75, 3.05) is 44.7 Å². The number of carbonyl (C=O) groups is 1. The van der Waals surface area contributed by atoms with Crippen LogP contribution in [-0.4, -0.2) is 55.4 Å². The van der Waals surface area contributed by atoms with Gasteiger partial charge in [-0.25, -0.2) is 4.79 Å². The van der Waals surface area contributed by atoms with E-state index in [4.69, 9.17) is 4.74 Å². The molecule has 2 rings (SSSR count). The van der Waals surface area contributed by atoms with Gasteiger partial charge in [-0.05, 0) is 24.6 Å². The van der Waals surface area contributed by atoms with Crippen molar-refractivity contribution < 1.29 is 14.6 Å². The topological polar surface area (TPSA) is 73.8 Å². The lowest BCUT2D eigenvalue weighted by Crippen LogP contribution is -2.42. The van der Waals surface area contributed by atoms with E-state index < -0.39 is 6.10 Å². The van der Waals surface area contributed by atoms with Gasteiger partial charge in [-0.3, -0.25) is 4.90 Å². The zero-order valence-corrected chi connectivity index (χ0v) is 12.3. The van der Waals surface area contributed by atoms with Gasteiger partial charge in [0.15, 0.2) is 0 Å². The molecular formula is C15H23N3O3. The van der Waals surface area contributed by atoms with Crippen LogP contribution in [0.15, 0.2) is 24.3 Å². The highest BCUT2D eigenvalue weighted by atomic mass is 16.5. The molecular weight excluding hydrogens is 270 g/mol. The Bertz CT molecular complexity index is 459. The molecule has 1 fully saturated rings. The molecule has 2 amide bonds. The maximum atomic E-state index is 11.8. The maximum Gasteiger partial charge on any atom is 0.319 e. The Kier molecular flexibility index (Phi) is 5.98. The molecule has 3 N–H and O–H groups in total. The molecule has 0 bridgehead atoms. The summed E-state index contributed by atoms with van der Waals surface area (Å²) in [6.07, 6.45) is -0.545. The van der Waals surface area contributed by atoms with Crippen LogP contribution in [0.2, 0.25) is 0 Å². The summed E-state index contributed by atoms with van der Waals surface area (Å²) in [6, 6.07) is 6.98. The maximum absolute atomic E-state index is 11.8. The number of nitrogens with one attached hydrogen (secondary N) is 2. The molecule has 6 nitrogen and oxygen atoms in total. The van der Waals surface area contributed by atoms with Gasteiger partial charge in [0.25, 0.3) is 0 Å². The van der Waals surface area contributed by atoms with E-state index in [1.54, 1.807) is 19.1 Å². The number of ether oxygens (including phenoxy) is 1. The van der Waals surface area contributed by atoms with Gasteiger partial charge in [-0.15, -0.1) is 0 Å². The van der Waals surface area contributed by atoms with E-state index in [-0.39, 0.29) is 6.03 Å². The Balaban J connectivity index is 1.72. The van der Waals surface area contributed by atoms with Crippen molar-refractivity contribution >= 4 is 11.7 Å². The fourth-order valence-corrected chi connectivity index (χ4v) is 2.20. The minimum Gasteiger partial charge on any atom is -0.389 e. The molecule has 1 heterocycles. The number of amides is 2. The molecule has 0 saturated carbocycles. The van der Waals surface area contributed by atoms with Gasteiger partial charge in [0.2, 0.25) is 0 Å². The Morgan fingerprint density at radius 1 is 1.43 bits per heavy atom. The summed E-state index contributed by atoms with van der Waals surface area (Å²) < 4.78 is 5.27. The highest BCUT2D eigenvalue weighted by molar-refractivity contribution is 5.89. The van der Waals surface area contributed by atoms with Gasteiger partial charge in [-0.1, -0.05) is 12.1 Å². The standard InChI is InChI=1S/C15H23N3O3/c1-12(19)13-3-2-4-14(11-13)17-15(20)16-5-6-18-7-9-21-10-8-18/h2-4,11-12,19H,5-10H2,1H3,(H2,16,17,20). The number of benzene rings is 1. The minimum atomic E-state index is -0.545. The van der Waals surface area contributed by atoms with E-state index in [9.17, 15) is 9.90 Å². The first kappa shape index (κ1) is 15.8. The number of hydrogen-bond acceptors (Lipinski definition) is 4. The van der Waals surface area contributed by atoms with Crippen molar-refractivity contribution in [2.45, 2.75) is 13.0 Å². The van der Waals surface area contributed by atoms with Crippen LogP contribution < -0.4 is 10.6 Å². The molecule has 0 radical (unpaired) electrons. The van der Waals surface area contributed by atoms with Crippen molar-refractivity contribution in [3.8, 4) is 0 Å². The molecule has 21 heavy (non-hydrogen) atoms. The zero-order chi connectivity index (χ0) is 15.1. The number of aliphatic hydroxyl groups excluding tert-OH is 1. The van der Waals surface area contributed by atoms with E-state index in [2.05, 4.69) is 15.5 Å². The van der Waals surface area contributed by atoms with Gasteiger partial charge in [0.1, 0.15) is 0 Å². The van der Waals surface area contributed by atoms with E-state index in [0.29, 0.717) is 12.2 Å². The SMILES string of the molecule is CC(O)c1cccc(NC(=O)NCCN2CCOCC2)c1. The van der Waals surface area contributed by atoms with Crippen molar-refractivity contribution in [3.63, 3.8) is 0 Å². The lowest BCUT2D eigenvalue weighted by atomic mass is 10.1. The minimum absolute atomic E-state index is 0.231. The Morgan fingerprint density at radius 2 is 2.19 bits per heavy atom. The van der Waals surface area contributed by atoms with E-state index >= 15 is 0 Å². The highest BCUT2D eigenvalue weighted by Gasteiger charge is 2.10. The van der Waals surface area contributed by atoms with Crippen LogP contribution in [0.3, 0.4) is 0 Å². The van der Waals surface area contributed by atoms with Crippen LogP contribution in [-0.2, 0) is 4.74 Å². The predicted octanol–water partition coefficient (Wildman–Crippen LogP) is 1.19. The first-order chi connectivity index (χ1) is 10.1. The van der Waals surface area contributed by atoms with E-state index in [0.717, 1.165) is 38.4 Å². The molecule has 0 spiro atoms. The van der Waals surface area contributed by atoms with Gasteiger partial charge in [0, 0.05) is 31.9 Å². The lowest BCUT2D eigenvalue weighted by Gasteiger charge is -2.26. The van der Waals surface area contributed by atoms with Crippen LogP contribution in [0, 0.1) is 0 Å². The summed E-state index contributed by atoms with van der Waals surface area (Å²) in [7, 11) is 0. The zero-order valence-electron chi connectivity index (χ0n) is 12.3. The average Bonchev–Trinajstić information content (AvgIpc) is 2.48. The number of aliphatic hydroxyl groups is 1. The number of anilines is 1. The number of hydrogen-bond donors (Lipinski definition) is 3. The molecule has 6 heteroatoms. The third-order valence-electron chi connectivity index (χ3n) is 3.44. The Hall–Kier alpha value is -1.63. The number of carbonyl (C=O) groups excluding carboxylic acids is 1. The third-order valence-corrected chi connectivity index (χ3v) is 3.44. The van der Waals surface area contributed by atoms with E-state index in [1.807, 2.05) is 12.1 Å². The summed E-state index contributed by atoms with van der Waals surface area (Å²) in [5.41, 5.74) is 1.46. The fraction of sp³-hybridized carbons (Fsp3) is 0.533. The molecule has 0 aliphatic carbocycles. The largest absolute Gasteiger partial charge is 0.389 e. The van der Waals surface area contributed by atoms with Crippen molar-refractivity contribution in [1.82, 2.24) is 10.2 Å². The molecule has 1 aromatic rings. The number of morpholine rings is 1. The van der Waals surface area contributed by atoms with Crippen LogP contribution in [0.1, 0.15) is 18.6 Å². The molecule has 1 aliphatic rings. The summed E-state index contributed by atoms with van der Waals surface area (Å²) in [5.74, 6) is 0. The molecule has 1 unspecified atom stereocenters. The molecule has 1 aromatic carbocycles. The Labute approximate surface area is 125 Å². The normalized spacial score (nSPS) is 17.2. The third kappa shape index (κ3) is 5.34. The van der Waals surface area contributed by atoms with Crippen LogP contribution in [0.5, 0.6) is 0 Å². The first-order valence-corrected chi connectivity index (χ1v) is 7.28. The first-order valence-electron chi connectivity index (χ1n) is 7.28. The summed E-state index contributed by atoms with van der Waals surface area (Å²) >= 11 is 0. The van der Waals surface area contributed by atoms with Gasteiger partial charge >= 0.3 is 6.03 Å². The van der Waals surface area contributed by atoms with Crippen molar-refractivity contribution in [3.05, 3.63) is 29.8 Å². The molecule has 1 atom stereocenters. The van der Waals surface area contributed by atoms with Crippen molar-refractivity contribution in [2.24, 2.45) is 0 Å². The monoisotopic (exact) mass is 293 g/mol.